The Morgan fingerprint density at radius 2 is 2.03 bits per heavy atom. The first kappa shape index (κ1) is 21.3. The number of nitrogens with zero attached hydrogens (tertiary/aromatic N) is 2. The van der Waals surface area contributed by atoms with Gasteiger partial charge in [-0.1, -0.05) is 24.3 Å². The van der Waals surface area contributed by atoms with Gasteiger partial charge in [-0.2, -0.15) is 5.10 Å². The summed E-state index contributed by atoms with van der Waals surface area (Å²) >= 11 is 5.17. The molecule has 30 heavy (non-hydrogen) atoms. The van der Waals surface area contributed by atoms with Gasteiger partial charge in [0.15, 0.2) is 4.77 Å². The molecule has 0 radical (unpaired) electrons. The van der Waals surface area contributed by atoms with Crippen LogP contribution in [0.1, 0.15) is 39.0 Å². The molecule has 1 aromatic heterocycles. The van der Waals surface area contributed by atoms with Crippen molar-refractivity contribution in [3.8, 4) is 5.75 Å². The summed E-state index contributed by atoms with van der Waals surface area (Å²) in [5.74, 6) is 0.469. The fourth-order valence-corrected chi connectivity index (χ4v) is 3.30. The van der Waals surface area contributed by atoms with Crippen LogP contribution in [0.4, 0.5) is 0 Å². The molecular formula is C21H23N5O3S. The Morgan fingerprint density at radius 1 is 1.23 bits per heavy atom. The molecule has 4 N–H and O–H groups in total. The number of nitrogens with one attached hydrogen (secondary N) is 2. The van der Waals surface area contributed by atoms with Crippen LogP contribution in [0.25, 0.3) is 0 Å². The molecule has 0 fully saturated rings. The van der Waals surface area contributed by atoms with E-state index in [2.05, 4.69) is 15.5 Å². The van der Waals surface area contributed by atoms with Crippen LogP contribution in [0.5, 0.6) is 5.75 Å². The van der Waals surface area contributed by atoms with E-state index in [1.54, 1.807) is 42.5 Å². The second kappa shape index (κ2) is 9.84. The third-order valence-electron chi connectivity index (χ3n) is 4.52. The van der Waals surface area contributed by atoms with Gasteiger partial charge in [-0.05, 0) is 49.0 Å². The molecule has 0 spiro atoms. The number of carbonyl (C=O) groups is 2. The molecular weight excluding hydrogens is 402 g/mol. The number of aromatic amines is 1. The highest BCUT2D eigenvalue weighted by Crippen LogP contribution is 2.19. The molecule has 0 bridgehead atoms. The van der Waals surface area contributed by atoms with E-state index in [-0.39, 0.29) is 12.5 Å². The molecule has 156 valence electrons. The first-order valence-electron chi connectivity index (χ1n) is 9.52. The minimum atomic E-state index is -0.553. The molecule has 0 aliphatic rings. The normalized spacial score (nSPS) is 10.6. The number of para-hydroxylation sites is 1. The van der Waals surface area contributed by atoms with E-state index in [0.29, 0.717) is 34.6 Å². The number of hydrogen-bond donors (Lipinski definition) is 3. The Labute approximate surface area is 179 Å². The Bertz CT molecular complexity index is 1110. The van der Waals surface area contributed by atoms with E-state index >= 15 is 0 Å². The highest BCUT2D eigenvalue weighted by Gasteiger charge is 2.11. The van der Waals surface area contributed by atoms with Crippen molar-refractivity contribution in [1.29, 1.82) is 0 Å². The third kappa shape index (κ3) is 5.12. The molecule has 0 aliphatic heterocycles. The number of H-pyrrole nitrogens is 1. The molecule has 0 saturated carbocycles. The van der Waals surface area contributed by atoms with E-state index in [0.717, 1.165) is 17.9 Å². The van der Waals surface area contributed by atoms with Crippen molar-refractivity contribution < 1.29 is 14.3 Å². The summed E-state index contributed by atoms with van der Waals surface area (Å²) < 4.78 is 8.19. The van der Waals surface area contributed by atoms with Crippen LogP contribution in [0.15, 0.2) is 48.5 Å². The maximum Gasteiger partial charge on any atom is 0.252 e. The Kier molecular flexibility index (Phi) is 6.97. The molecule has 2 amide bonds. The lowest BCUT2D eigenvalue weighted by Crippen LogP contribution is -2.26. The van der Waals surface area contributed by atoms with E-state index in [1.165, 1.54) is 0 Å². The van der Waals surface area contributed by atoms with Crippen molar-refractivity contribution in [2.45, 2.75) is 26.5 Å². The van der Waals surface area contributed by atoms with Gasteiger partial charge in [0.1, 0.15) is 18.2 Å². The zero-order valence-electron chi connectivity index (χ0n) is 16.6. The third-order valence-corrected chi connectivity index (χ3v) is 4.84. The molecule has 0 atom stereocenters. The predicted octanol–water partition coefficient (Wildman–Crippen LogP) is 2.61. The smallest absolute Gasteiger partial charge is 0.252 e. The Morgan fingerprint density at radius 3 is 2.80 bits per heavy atom. The van der Waals surface area contributed by atoms with E-state index in [1.807, 2.05) is 17.6 Å². The first-order valence-corrected chi connectivity index (χ1v) is 9.93. The van der Waals surface area contributed by atoms with Crippen molar-refractivity contribution in [1.82, 2.24) is 20.1 Å². The highest BCUT2D eigenvalue weighted by molar-refractivity contribution is 7.71. The molecule has 2 aromatic carbocycles. The molecule has 3 aromatic rings. The van der Waals surface area contributed by atoms with Crippen LogP contribution in [-0.4, -0.2) is 33.1 Å². The van der Waals surface area contributed by atoms with E-state index in [9.17, 15) is 9.59 Å². The summed E-state index contributed by atoms with van der Waals surface area (Å²) in [5.41, 5.74) is 7.01. The van der Waals surface area contributed by atoms with E-state index < -0.39 is 5.91 Å². The maximum absolute atomic E-state index is 12.5. The summed E-state index contributed by atoms with van der Waals surface area (Å²) in [6.45, 7) is 3.35. The zero-order valence-corrected chi connectivity index (χ0v) is 17.4. The standard InChI is InChI=1S/C21H23N5O3S/c1-2-26-18(24-25-21(26)30)10-11-23-20(28)15-7-5-6-14(12-15)13-29-17-9-4-3-8-16(17)19(22)27/h3-9,12H,2,10-11,13H2,1H3,(H2,22,27)(H,23,28)(H,25,30). The van der Waals surface area contributed by atoms with Gasteiger partial charge in [-0.3, -0.25) is 14.7 Å². The number of rotatable bonds is 9. The zero-order chi connectivity index (χ0) is 21.5. The van der Waals surface area contributed by atoms with Crippen molar-refractivity contribution in [3.63, 3.8) is 0 Å². The number of nitrogens with two attached hydrogens (primary N) is 1. The minimum Gasteiger partial charge on any atom is -0.488 e. The summed E-state index contributed by atoms with van der Waals surface area (Å²) in [5, 5.41) is 9.84. The van der Waals surface area contributed by atoms with Crippen molar-refractivity contribution in [2.24, 2.45) is 5.73 Å². The predicted molar refractivity (Wildman–Crippen MR) is 115 cm³/mol. The van der Waals surface area contributed by atoms with Gasteiger partial charge >= 0.3 is 0 Å². The maximum atomic E-state index is 12.5. The number of aromatic nitrogens is 3. The van der Waals surface area contributed by atoms with Crippen LogP contribution in [0, 0.1) is 4.77 Å². The summed E-state index contributed by atoms with van der Waals surface area (Å²) in [6, 6.07) is 13.9. The Hall–Kier alpha value is -3.46. The average molecular weight is 426 g/mol. The second-order valence-electron chi connectivity index (χ2n) is 6.54. The second-order valence-corrected chi connectivity index (χ2v) is 6.93. The van der Waals surface area contributed by atoms with Crippen LogP contribution in [0.3, 0.4) is 0 Å². The average Bonchev–Trinajstić information content (AvgIpc) is 3.11. The van der Waals surface area contributed by atoms with Crippen molar-refractivity contribution >= 4 is 24.0 Å². The van der Waals surface area contributed by atoms with Crippen LogP contribution >= 0.6 is 12.2 Å². The number of amides is 2. The molecule has 1 heterocycles. The number of carbonyl (C=O) groups excluding carboxylic acids is 2. The Balaban J connectivity index is 1.59. The minimum absolute atomic E-state index is 0.188. The summed E-state index contributed by atoms with van der Waals surface area (Å²) in [4.78, 5) is 24.0. The number of hydrogen-bond acceptors (Lipinski definition) is 5. The molecule has 8 nitrogen and oxygen atoms in total. The van der Waals surface area contributed by atoms with Gasteiger partial charge in [0.2, 0.25) is 0 Å². The van der Waals surface area contributed by atoms with Crippen LogP contribution in [-0.2, 0) is 19.6 Å². The van der Waals surface area contributed by atoms with Gasteiger partial charge in [0.25, 0.3) is 11.8 Å². The van der Waals surface area contributed by atoms with Crippen LogP contribution < -0.4 is 15.8 Å². The van der Waals surface area contributed by atoms with Crippen molar-refractivity contribution in [2.75, 3.05) is 6.54 Å². The molecule has 0 unspecified atom stereocenters. The van der Waals surface area contributed by atoms with Gasteiger partial charge in [0, 0.05) is 25.1 Å². The SMILES string of the molecule is CCn1c(CCNC(=O)c2cccc(COc3ccccc3C(N)=O)c2)n[nH]c1=S. The summed E-state index contributed by atoms with van der Waals surface area (Å²) in [7, 11) is 0. The number of ether oxygens (including phenoxy) is 1. The quantitative estimate of drug-likeness (QED) is 0.456. The largest absolute Gasteiger partial charge is 0.488 e. The number of benzene rings is 2. The van der Waals surface area contributed by atoms with E-state index in [4.69, 9.17) is 22.7 Å². The fourth-order valence-electron chi connectivity index (χ4n) is 3.02. The molecule has 9 heteroatoms. The fraction of sp³-hybridized carbons (Fsp3) is 0.238. The lowest BCUT2D eigenvalue weighted by atomic mass is 10.1. The first-order chi connectivity index (χ1) is 14.5. The molecule has 3 rings (SSSR count). The monoisotopic (exact) mass is 425 g/mol. The van der Waals surface area contributed by atoms with Gasteiger partial charge in [-0.15, -0.1) is 0 Å². The molecule has 0 saturated heterocycles. The summed E-state index contributed by atoms with van der Waals surface area (Å²) in [6.07, 6.45) is 0.569. The number of primary amides is 1. The highest BCUT2D eigenvalue weighted by atomic mass is 32.1. The van der Waals surface area contributed by atoms with Gasteiger partial charge < -0.3 is 20.4 Å². The molecule has 0 aliphatic carbocycles. The topological polar surface area (TPSA) is 115 Å². The van der Waals surface area contributed by atoms with Gasteiger partial charge in [-0.25, -0.2) is 0 Å². The van der Waals surface area contributed by atoms with Gasteiger partial charge in [0.05, 0.1) is 5.56 Å². The van der Waals surface area contributed by atoms with Crippen LogP contribution in [0.2, 0.25) is 0 Å². The lowest BCUT2D eigenvalue weighted by molar-refractivity contribution is 0.0952. The lowest BCUT2D eigenvalue weighted by Gasteiger charge is -2.11. The van der Waals surface area contributed by atoms with Crippen molar-refractivity contribution in [3.05, 3.63) is 75.8 Å².